The van der Waals surface area contributed by atoms with Crippen LogP contribution in [-0.2, 0) is 4.79 Å². The normalized spacial score (nSPS) is 14.9. The van der Waals surface area contributed by atoms with E-state index in [0.717, 1.165) is 45.1 Å². The van der Waals surface area contributed by atoms with Crippen LogP contribution in [0.5, 0.6) is 5.75 Å². The van der Waals surface area contributed by atoms with Gasteiger partial charge >= 0.3 is 0 Å². The van der Waals surface area contributed by atoms with E-state index < -0.39 is 11.8 Å². The summed E-state index contributed by atoms with van der Waals surface area (Å²) in [4.78, 5) is 26.3. The van der Waals surface area contributed by atoms with Crippen molar-refractivity contribution in [3.8, 4) is 5.75 Å². The maximum absolute atomic E-state index is 13.1. The Labute approximate surface area is 206 Å². The van der Waals surface area contributed by atoms with Gasteiger partial charge in [0.25, 0.3) is 11.8 Å². The summed E-state index contributed by atoms with van der Waals surface area (Å²) in [5.41, 5.74) is 4.58. The number of ether oxygens (including phenoxy) is 1. The molecule has 1 N–H and O–H groups in total. The summed E-state index contributed by atoms with van der Waals surface area (Å²) in [5, 5.41) is 3.39. The number of nitrogens with zero attached hydrogens (tertiary/aromatic N) is 1. The van der Waals surface area contributed by atoms with E-state index in [2.05, 4.69) is 5.43 Å². The van der Waals surface area contributed by atoms with Crippen LogP contribution in [-0.4, -0.2) is 27.8 Å². The van der Waals surface area contributed by atoms with Gasteiger partial charge in [0.2, 0.25) is 0 Å². The molecule has 0 atom stereocenters. The van der Waals surface area contributed by atoms with Crippen LogP contribution in [0.2, 0.25) is 5.02 Å². The maximum atomic E-state index is 13.1. The van der Waals surface area contributed by atoms with Gasteiger partial charge in [-0.2, -0.15) is 5.01 Å². The fourth-order valence-corrected chi connectivity index (χ4v) is 4.91. The molecule has 1 saturated heterocycles. The Bertz CT molecular complexity index is 1310. The van der Waals surface area contributed by atoms with Gasteiger partial charge in [-0.1, -0.05) is 66.7 Å². The lowest BCUT2D eigenvalue weighted by Gasteiger charge is -2.16. The van der Waals surface area contributed by atoms with Crippen molar-refractivity contribution in [2.45, 2.75) is 20.3 Å². The number of carbonyl (C=O) groups is 2. The van der Waals surface area contributed by atoms with E-state index in [1.165, 1.54) is 0 Å². The molecule has 1 aliphatic rings. The van der Waals surface area contributed by atoms with Crippen molar-refractivity contribution in [1.29, 1.82) is 0 Å². The number of hydrazine groups is 1. The van der Waals surface area contributed by atoms with Gasteiger partial charge in [-0.3, -0.25) is 15.0 Å². The van der Waals surface area contributed by atoms with Crippen LogP contribution in [0.1, 0.15) is 34.8 Å². The minimum absolute atomic E-state index is 0.235. The van der Waals surface area contributed by atoms with Gasteiger partial charge in [0.05, 0.1) is 22.1 Å². The highest BCUT2D eigenvalue weighted by Crippen LogP contribution is 2.36. The van der Waals surface area contributed by atoms with E-state index in [4.69, 9.17) is 28.6 Å². The second kappa shape index (κ2) is 9.95. The van der Waals surface area contributed by atoms with Gasteiger partial charge in [0.15, 0.2) is 4.32 Å². The Kier molecular flexibility index (Phi) is 7.02. The number of thioether (sulfide) groups is 1. The lowest BCUT2D eigenvalue weighted by molar-refractivity contribution is -0.123. The summed E-state index contributed by atoms with van der Waals surface area (Å²) in [5.74, 6) is -0.220. The average Bonchev–Trinajstić information content (AvgIpc) is 3.05. The second-order valence-corrected chi connectivity index (χ2v) is 9.57. The lowest BCUT2D eigenvalue weighted by atomic mass is 10.0. The first-order valence-electron chi connectivity index (χ1n) is 10.4. The number of carbonyl (C=O) groups excluding carboxylic acids is 2. The molecule has 1 fully saturated rings. The van der Waals surface area contributed by atoms with Crippen LogP contribution in [0.3, 0.4) is 0 Å². The molecule has 1 heterocycles. The third-order valence-electron chi connectivity index (χ3n) is 5.04. The van der Waals surface area contributed by atoms with Crippen molar-refractivity contribution in [2.75, 3.05) is 6.61 Å². The van der Waals surface area contributed by atoms with Crippen LogP contribution in [0.25, 0.3) is 16.8 Å². The topological polar surface area (TPSA) is 58.6 Å². The van der Waals surface area contributed by atoms with Crippen LogP contribution in [0.15, 0.2) is 59.5 Å². The first-order valence-corrected chi connectivity index (χ1v) is 12.0. The van der Waals surface area contributed by atoms with E-state index in [-0.39, 0.29) is 9.88 Å². The summed E-state index contributed by atoms with van der Waals surface area (Å²) in [6, 6.07) is 16.9. The van der Waals surface area contributed by atoms with Crippen LogP contribution in [0.4, 0.5) is 0 Å². The van der Waals surface area contributed by atoms with Gasteiger partial charge in [-0.05, 0) is 66.2 Å². The first-order chi connectivity index (χ1) is 15.9. The van der Waals surface area contributed by atoms with Crippen LogP contribution >= 0.6 is 35.6 Å². The van der Waals surface area contributed by atoms with E-state index in [9.17, 15) is 9.59 Å². The zero-order chi connectivity index (χ0) is 23.5. The summed E-state index contributed by atoms with van der Waals surface area (Å²) >= 11 is 12.7. The fourth-order valence-electron chi connectivity index (χ4n) is 3.42. The van der Waals surface area contributed by atoms with Crippen molar-refractivity contribution >= 4 is 68.6 Å². The largest absolute Gasteiger partial charge is 0.493 e. The molecule has 168 valence electrons. The molecular weight excluding hydrogens is 476 g/mol. The van der Waals surface area contributed by atoms with Crippen LogP contribution < -0.4 is 10.2 Å². The first kappa shape index (κ1) is 23.3. The highest BCUT2D eigenvalue weighted by atomic mass is 35.5. The molecule has 0 aromatic heterocycles. The highest BCUT2D eigenvalue weighted by Gasteiger charge is 2.34. The molecule has 5 nitrogen and oxygen atoms in total. The molecule has 0 aliphatic carbocycles. The van der Waals surface area contributed by atoms with Gasteiger partial charge in [-0.25, -0.2) is 0 Å². The Balaban J connectivity index is 1.65. The number of benzene rings is 3. The zero-order valence-electron chi connectivity index (χ0n) is 18.1. The number of halogens is 1. The predicted octanol–water partition coefficient (Wildman–Crippen LogP) is 6.14. The minimum Gasteiger partial charge on any atom is -0.493 e. The SMILES string of the molecule is CCCOc1ccc2ccccc2c1/C=C1\SC(=S)N(NC(=O)c2ccc(C)cc2Cl)C1=O. The molecule has 0 bridgehead atoms. The molecule has 1 aliphatic heterocycles. The molecule has 3 aromatic rings. The molecule has 2 amide bonds. The highest BCUT2D eigenvalue weighted by molar-refractivity contribution is 8.26. The van der Waals surface area contributed by atoms with E-state index in [1.807, 2.05) is 50.2 Å². The van der Waals surface area contributed by atoms with Crippen LogP contribution in [0, 0.1) is 6.92 Å². The smallest absolute Gasteiger partial charge is 0.285 e. The summed E-state index contributed by atoms with van der Waals surface area (Å²) in [7, 11) is 0. The standard InChI is InChI=1S/C25H21ClN2O3S2/c1-3-12-31-21-11-9-16-6-4-5-7-17(16)19(21)14-22-24(30)28(25(32)33-22)27-23(29)18-10-8-15(2)13-20(18)26/h4-11,13-14H,3,12H2,1-2H3,(H,27,29)/b22-14-. The lowest BCUT2D eigenvalue weighted by Crippen LogP contribution is -2.44. The number of amides is 2. The number of hydrogen-bond donors (Lipinski definition) is 1. The summed E-state index contributed by atoms with van der Waals surface area (Å²) in [6.07, 6.45) is 2.64. The second-order valence-electron chi connectivity index (χ2n) is 7.49. The Morgan fingerprint density at radius 1 is 1.21 bits per heavy atom. The molecule has 0 spiro atoms. The minimum atomic E-state index is -0.505. The molecule has 0 saturated carbocycles. The van der Waals surface area contributed by atoms with Gasteiger partial charge in [-0.15, -0.1) is 0 Å². The van der Waals surface area contributed by atoms with Crippen molar-refractivity contribution in [3.05, 3.63) is 81.2 Å². The van der Waals surface area contributed by atoms with E-state index in [0.29, 0.717) is 22.3 Å². The van der Waals surface area contributed by atoms with E-state index in [1.54, 1.807) is 24.3 Å². The Morgan fingerprint density at radius 3 is 2.76 bits per heavy atom. The number of rotatable bonds is 6. The monoisotopic (exact) mass is 496 g/mol. The summed E-state index contributed by atoms with van der Waals surface area (Å²) in [6.45, 7) is 4.48. The van der Waals surface area contributed by atoms with Gasteiger partial charge < -0.3 is 4.74 Å². The number of nitrogens with one attached hydrogen (secondary N) is 1. The third kappa shape index (κ3) is 4.90. The molecule has 8 heteroatoms. The summed E-state index contributed by atoms with van der Waals surface area (Å²) < 4.78 is 6.18. The molecule has 4 rings (SSSR count). The number of fused-ring (bicyclic) bond motifs is 1. The van der Waals surface area contributed by atoms with Crippen molar-refractivity contribution < 1.29 is 14.3 Å². The van der Waals surface area contributed by atoms with E-state index >= 15 is 0 Å². The molecular formula is C25H21ClN2O3S2. The average molecular weight is 497 g/mol. The molecule has 0 unspecified atom stereocenters. The Hall–Kier alpha value is -2.87. The quantitative estimate of drug-likeness (QED) is 0.328. The van der Waals surface area contributed by atoms with Gasteiger partial charge in [0, 0.05) is 5.56 Å². The van der Waals surface area contributed by atoms with Crippen molar-refractivity contribution in [2.24, 2.45) is 0 Å². The maximum Gasteiger partial charge on any atom is 0.285 e. The number of aryl methyl sites for hydroxylation is 1. The van der Waals surface area contributed by atoms with Gasteiger partial charge in [0.1, 0.15) is 5.75 Å². The third-order valence-corrected chi connectivity index (χ3v) is 6.66. The molecule has 3 aromatic carbocycles. The zero-order valence-corrected chi connectivity index (χ0v) is 20.4. The van der Waals surface area contributed by atoms with Crippen molar-refractivity contribution in [3.63, 3.8) is 0 Å². The predicted molar refractivity (Wildman–Crippen MR) is 138 cm³/mol. The number of hydrogen-bond acceptors (Lipinski definition) is 5. The Morgan fingerprint density at radius 2 is 2.00 bits per heavy atom. The van der Waals surface area contributed by atoms with Crippen molar-refractivity contribution in [1.82, 2.24) is 10.4 Å². The molecule has 0 radical (unpaired) electrons. The molecule has 33 heavy (non-hydrogen) atoms. The fraction of sp³-hybridized carbons (Fsp3) is 0.160. The number of thiocarbonyl (C=S) groups is 1.